The van der Waals surface area contributed by atoms with E-state index in [0.717, 1.165) is 0 Å². The van der Waals surface area contributed by atoms with Gasteiger partial charge in [0.25, 0.3) is 0 Å². The predicted molar refractivity (Wildman–Crippen MR) is 212 cm³/mol. The lowest BCUT2D eigenvalue weighted by atomic mass is 9.72. The van der Waals surface area contributed by atoms with Gasteiger partial charge >= 0.3 is 6.09 Å². The molecule has 8 rings (SSSR count). The van der Waals surface area contributed by atoms with E-state index in [1.165, 1.54) is 43.8 Å². The van der Waals surface area contributed by atoms with E-state index >= 15 is 0 Å². The number of benzene rings is 3. The number of Topliss-reactive ketones (excluding diaryl/α,β-unsaturated/α-hetero) is 1. The molecule has 2 aromatic heterocycles. The summed E-state index contributed by atoms with van der Waals surface area (Å²) < 4.78 is 21.5. The topological polar surface area (TPSA) is 290 Å². The summed E-state index contributed by atoms with van der Waals surface area (Å²) in [4.78, 5) is 70.9. The van der Waals surface area contributed by atoms with Crippen LogP contribution in [0.1, 0.15) is 84.1 Å². The van der Waals surface area contributed by atoms with Crippen LogP contribution in [0, 0.1) is 0 Å². The predicted octanol–water partition coefficient (Wildman–Crippen LogP) is 3.04. The number of nitrogens with two attached hydrogens (primary N) is 1. The summed E-state index contributed by atoms with van der Waals surface area (Å²) in [5.74, 6) is -3.54. The van der Waals surface area contributed by atoms with Gasteiger partial charge in [-0.1, -0.05) is 18.2 Å². The Balaban J connectivity index is 0.000000218. The Morgan fingerprint density at radius 3 is 2.47 bits per heavy atom. The van der Waals surface area contributed by atoms with Crippen LogP contribution in [0.15, 0.2) is 53.9 Å². The number of rotatable bonds is 8. The van der Waals surface area contributed by atoms with Gasteiger partial charge in [-0.3, -0.25) is 24.5 Å². The molecule has 3 heterocycles. The molecule has 3 aromatic carbocycles. The van der Waals surface area contributed by atoms with E-state index in [9.17, 15) is 49.5 Å². The van der Waals surface area contributed by atoms with Crippen LogP contribution in [0.2, 0.25) is 0 Å². The molecule has 18 nitrogen and oxygen atoms in total. The lowest BCUT2D eigenvalue weighted by Crippen LogP contribution is -2.53. The Labute approximate surface area is 344 Å². The number of amides is 1. The number of fused-ring (bicyclic) bond motifs is 4. The maximum atomic E-state index is 13.6. The average molecular weight is 845 g/mol. The van der Waals surface area contributed by atoms with Crippen LogP contribution < -0.4 is 15.8 Å². The number of aliphatic hydroxyl groups is 3. The van der Waals surface area contributed by atoms with Crippen LogP contribution in [0.5, 0.6) is 17.2 Å². The van der Waals surface area contributed by atoms with Crippen LogP contribution >= 0.6 is 11.3 Å². The molecule has 0 spiro atoms. The summed E-state index contributed by atoms with van der Waals surface area (Å²) in [6.07, 6.45) is -5.73. The highest BCUT2D eigenvalue weighted by Gasteiger charge is 2.50. The van der Waals surface area contributed by atoms with Gasteiger partial charge in [-0.05, 0) is 42.6 Å². The number of phenols is 2. The Morgan fingerprint density at radius 2 is 1.80 bits per heavy atom. The summed E-state index contributed by atoms with van der Waals surface area (Å²) in [6, 6.07) is 12.4. The largest absolute Gasteiger partial charge is 0.507 e. The number of carbonyl (C=O) groups excluding carboxylic acids is 5. The summed E-state index contributed by atoms with van der Waals surface area (Å²) in [6.45, 7) is 0.560. The van der Waals surface area contributed by atoms with Gasteiger partial charge in [-0.2, -0.15) is 0 Å². The summed E-state index contributed by atoms with van der Waals surface area (Å²) in [5.41, 5.74) is 4.27. The molecular weight excluding hydrogens is 805 g/mol. The molecule has 1 aliphatic heterocycles. The first kappa shape index (κ1) is 42.1. The smallest absolute Gasteiger partial charge is 0.413 e. The molecule has 3 aliphatic rings. The van der Waals surface area contributed by atoms with Crippen LogP contribution in [-0.2, 0) is 25.4 Å². The Bertz CT molecular complexity index is 2530. The standard InChI is InChI=1S/C27H29NO11.C14H11N3O3S/c1-10-22(31)13(28)6-17(38-10)39-15-8-27(36,16(30)9-29)7-12-19(15)26(35)21-20(24(12)33)23(32)11-4-3-5-14(37-2)18(11)25(21)34;1-20-14(19)17-13-15-9-5-4-8(7-10(9)16-13)12(18)11-3-2-6-21-11/h3-5,10,13,15,17,22,29,31,33,35-36H,6-9,28H2,1-2H3;2-7H,1H3,(H2,15,16,17,19)/t10-,13-,15-,17-,22+,27-;/m0./s1. The molecule has 1 saturated heterocycles. The third-order valence-corrected chi connectivity index (χ3v) is 11.6. The molecule has 0 unspecified atom stereocenters. The SMILES string of the molecule is COC(=O)Nc1nc2ccc(C(=O)c3cccs3)cc2[nH]1.COc1cccc2c1C(=O)c1c(O)c3c(c(O)c1C2=O)C[C@@](O)(C(=O)CO)C[C@@H]3O[C@H]1C[C@H](N)[C@H](O)[C@H](C)O1. The molecule has 60 heavy (non-hydrogen) atoms. The maximum absolute atomic E-state index is 13.6. The number of nitrogens with one attached hydrogen (secondary N) is 2. The first-order valence-electron chi connectivity index (χ1n) is 18.5. The van der Waals surface area contributed by atoms with Crippen molar-refractivity contribution < 1.29 is 68.5 Å². The first-order chi connectivity index (χ1) is 28.6. The molecule has 9 N–H and O–H groups in total. The van der Waals surface area contributed by atoms with Crippen molar-refractivity contribution in [2.75, 3.05) is 26.1 Å². The third kappa shape index (κ3) is 7.51. The molecule has 1 amide bonds. The van der Waals surface area contributed by atoms with Gasteiger partial charge < -0.3 is 55.2 Å². The number of H-pyrrole nitrogens is 1. The molecule has 6 atom stereocenters. The van der Waals surface area contributed by atoms with Gasteiger partial charge in [0, 0.05) is 47.6 Å². The number of nitrogens with zero attached hydrogens (tertiary/aromatic N) is 1. The second-order valence-corrected chi connectivity index (χ2v) is 15.3. The number of aromatic nitrogens is 2. The normalized spacial score (nSPS) is 23.1. The van der Waals surface area contributed by atoms with Crippen molar-refractivity contribution in [2.24, 2.45) is 5.73 Å². The number of hydrogen-bond acceptors (Lipinski definition) is 17. The van der Waals surface area contributed by atoms with Gasteiger partial charge in [0.1, 0.15) is 29.5 Å². The number of phenolic OH excluding ortho intramolecular Hbond substituents is 2. The zero-order valence-electron chi connectivity index (χ0n) is 32.3. The second-order valence-electron chi connectivity index (χ2n) is 14.4. The fourth-order valence-electron chi connectivity index (χ4n) is 7.66. The van der Waals surface area contributed by atoms with E-state index in [4.69, 9.17) is 19.9 Å². The second kappa shape index (κ2) is 16.5. The molecule has 2 aliphatic carbocycles. The zero-order valence-corrected chi connectivity index (χ0v) is 33.1. The number of methoxy groups -OCH3 is 2. The highest BCUT2D eigenvalue weighted by atomic mass is 32.1. The number of anilines is 1. The number of aromatic amines is 1. The number of aliphatic hydroxyl groups excluding tert-OH is 2. The summed E-state index contributed by atoms with van der Waals surface area (Å²) in [7, 11) is 2.60. The number of thiophene rings is 1. The first-order valence-corrected chi connectivity index (χ1v) is 19.4. The van der Waals surface area contributed by atoms with Gasteiger partial charge in [0.15, 0.2) is 17.9 Å². The van der Waals surface area contributed by atoms with Crippen molar-refractivity contribution in [3.8, 4) is 17.2 Å². The molecular formula is C41H40N4O14S. The maximum Gasteiger partial charge on any atom is 0.413 e. The molecule has 19 heteroatoms. The number of aromatic hydroxyl groups is 2. The van der Waals surface area contributed by atoms with E-state index in [0.29, 0.717) is 21.5 Å². The van der Waals surface area contributed by atoms with Crippen LogP contribution in [-0.4, -0.2) is 116 Å². The van der Waals surface area contributed by atoms with E-state index in [1.54, 1.807) is 31.2 Å². The fourth-order valence-corrected chi connectivity index (χ4v) is 8.34. The minimum Gasteiger partial charge on any atom is -0.507 e. The number of ketones is 4. The van der Waals surface area contributed by atoms with E-state index in [1.807, 2.05) is 11.4 Å². The molecule has 1 fully saturated rings. The Morgan fingerprint density at radius 1 is 1.05 bits per heavy atom. The van der Waals surface area contributed by atoms with Gasteiger partial charge in [-0.25, -0.2) is 9.78 Å². The molecule has 0 radical (unpaired) electrons. The number of hydrogen-bond donors (Lipinski definition) is 8. The van der Waals surface area contributed by atoms with Gasteiger partial charge in [-0.15, -0.1) is 11.3 Å². The van der Waals surface area contributed by atoms with Crippen molar-refractivity contribution in [3.05, 3.63) is 97.7 Å². The van der Waals surface area contributed by atoms with E-state index < -0.39 is 102 Å². The van der Waals surface area contributed by atoms with E-state index in [-0.39, 0.29) is 46.2 Å². The molecule has 0 bridgehead atoms. The van der Waals surface area contributed by atoms with Crippen molar-refractivity contribution >= 4 is 57.5 Å². The van der Waals surface area contributed by atoms with Crippen molar-refractivity contribution in [3.63, 3.8) is 0 Å². The molecule has 314 valence electrons. The van der Waals surface area contributed by atoms with Crippen molar-refractivity contribution in [1.29, 1.82) is 0 Å². The summed E-state index contributed by atoms with van der Waals surface area (Å²) >= 11 is 1.40. The molecule has 0 saturated carbocycles. The number of carbonyl (C=O) groups is 5. The average Bonchev–Trinajstić information content (AvgIpc) is 3.92. The summed E-state index contributed by atoms with van der Waals surface area (Å²) in [5, 5.41) is 58.0. The monoisotopic (exact) mass is 844 g/mol. The van der Waals surface area contributed by atoms with E-state index in [2.05, 4.69) is 20.0 Å². The molecule has 5 aromatic rings. The number of ether oxygens (including phenoxy) is 4. The quantitative estimate of drug-likeness (QED) is 0.0807. The lowest BCUT2D eigenvalue weighted by Gasteiger charge is -2.42. The minimum atomic E-state index is -2.24. The van der Waals surface area contributed by atoms with Crippen LogP contribution in [0.25, 0.3) is 11.0 Å². The third-order valence-electron chi connectivity index (χ3n) is 10.7. The highest BCUT2D eigenvalue weighted by molar-refractivity contribution is 7.12. The Hall–Kier alpha value is -6.06. The zero-order chi connectivity index (χ0) is 43.2. The van der Waals surface area contributed by atoms with Crippen LogP contribution in [0.3, 0.4) is 0 Å². The number of imidazole rings is 1. The lowest BCUT2D eigenvalue weighted by molar-refractivity contribution is -0.247. The van der Waals surface area contributed by atoms with Gasteiger partial charge in [0.05, 0.1) is 65.1 Å². The minimum absolute atomic E-state index is 0.0173. The van der Waals surface area contributed by atoms with Crippen LogP contribution in [0.4, 0.5) is 10.7 Å². The Kier molecular flexibility index (Phi) is 11.6. The van der Waals surface area contributed by atoms with Crippen molar-refractivity contribution in [2.45, 2.75) is 62.4 Å². The fraction of sp³-hybridized carbons (Fsp3) is 0.317. The highest BCUT2D eigenvalue weighted by Crippen LogP contribution is 2.52. The van der Waals surface area contributed by atoms with Crippen molar-refractivity contribution in [1.82, 2.24) is 9.97 Å². The van der Waals surface area contributed by atoms with Gasteiger partial charge in [0.2, 0.25) is 17.5 Å².